The van der Waals surface area contributed by atoms with Gasteiger partial charge >= 0.3 is 5.97 Å². The Morgan fingerprint density at radius 2 is 1.38 bits per heavy atom. The Morgan fingerprint density at radius 3 is 2.00 bits per heavy atom. The molecule has 1 fully saturated rings. The van der Waals surface area contributed by atoms with Crippen LogP contribution >= 0.6 is 0 Å². The minimum Gasteiger partial charge on any atom is -0.426 e. The molecular weight excluding hydrogens is 454 g/mol. The van der Waals surface area contributed by atoms with E-state index >= 15 is 0 Å². The lowest BCUT2D eigenvalue weighted by Crippen LogP contribution is -2.25. The molecule has 0 aliphatic heterocycles. The van der Waals surface area contributed by atoms with Crippen molar-refractivity contribution >= 4 is 5.97 Å². The number of hydrogen-bond acceptors (Lipinski definition) is 3. The van der Waals surface area contributed by atoms with E-state index in [1.165, 1.54) is 102 Å². The van der Waals surface area contributed by atoms with Gasteiger partial charge in [0.25, 0.3) is 0 Å². The minimum absolute atomic E-state index is 0.0537. The first-order valence-electron chi connectivity index (χ1n) is 15.5. The van der Waals surface area contributed by atoms with E-state index in [2.05, 4.69) is 31.0 Å². The van der Waals surface area contributed by atoms with E-state index in [-0.39, 0.29) is 11.9 Å². The van der Waals surface area contributed by atoms with Gasteiger partial charge in [-0.15, -0.1) is 0 Å². The molecule has 204 valence electrons. The van der Waals surface area contributed by atoms with Crippen molar-refractivity contribution < 1.29 is 9.53 Å². The highest BCUT2D eigenvalue weighted by molar-refractivity contribution is 5.75. The molecule has 1 saturated carbocycles. The van der Waals surface area contributed by atoms with Crippen molar-refractivity contribution in [2.75, 3.05) is 0 Å². The van der Waals surface area contributed by atoms with Crippen LogP contribution in [0.4, 0.5) is 0 Å². The maximum atomic E-state index is 12.7. The molecule has 0 spiro atoms. The Balaban J connectivity index is 1.36. The first-order chi connectivity index (χ1) is 18.2. The van der Waals surface area contributed by atoms with Crippen LogP contribution in [0.15, 0.2) is 42.6 Å². The molecule has 3 rings (SSSR count). The molecule has 0 saturated heterocycles. The summed E-state index contributed by atoms with van der Waals surface area (Å²) in [6.45, 7) is 4.53. The van der Waals surface area contributed by atoms with Crippen molar-refractivity contribution in [2.45, 2.75) is 129 Å². The summed E-state index contributed by atoms with van der Waals surface area (Å²) in [7, 11) is 0. The van der Waals surface area contributed by atoms with Gasteiger partial charge in [-0.25, -0.2) is 0 Å². The van der Waals surface area contributed by atoms with Crippen LogP contribution in [0.1, 0.15) is 129 Å². The molecule has 3 heteroatoms. The Labute approximate surface area is 226 Å². The number of aryl methyl sites for hydroxylation is 1. The zero-order chi connectivity index (χ0) is 26.1. The molecule has 0 N–H and O–H groups in total. The second-order valence-corrected chi connectivity index (χ2v) is 11.3. The number of rotatable bonds is 17. The van der Waals surface area contributed by atoms with Crippen LogP contribution in [0.3, 0.4) is 0 Å². The topological polar surface area (TPSA) is 39.2 Å². The summed E-state index contributed by atoms with van der Waals surface area (Å²) in [6.07, 6.45) is 24.9. The minimum atomic E-state index is -0.0537. The molecular formula is C34H51NO2. The summed E-state index contributed by atoms with van der Waals surface area (Å²) in [5, 5.41) is 0. The molecule has 37 heavy (non-hydrogen) atoms. The molecule has 0 atom stereocenters. The highest BCUT2D eigenvalue weighted by Gasteiger charge is 2.27. The lowest BCUT2D eigenvalue weighted by atomic mass is 9.80. The summed E-state index contributed by atoms with van der Waals surface area (Å²) in [6, 6.07) is 12.1. The van der Waals surface area contributed by atoms with Gasteiger partial charge in [0.2, 0.25) is 0 Å². The van der Waals surface area contributed by atoms with Gasteiger partial charge in [-0.1, -0.05) is 97.0 Å². The molecule has 0 radical (unpaired) electrons. The fourth-order valence-electron chi connectivity index (χ4n) is 5.65. The predicted octanol–water partition coefficient (Wildman–Crippen LogP) is 10.1. The summed E-state index contributed by atoms with van der Waals surface area (Å²) in [4.78, 5) is 17.4. The van der Waals surface area contributed by atoms with Crippen molar-refractivity contribution in [3.05, 3.63) is 48.2 Å². The van der Waals surface area contributed by atoms with Crippen LogP contribution in [0.25, 0.3) is 11.3 Å². The number of hydrogen-bond donors (Lipinski definition) is 0. The largest absolute Gasteiger partial charge is 0.426 e. The van der Waals surface area contributed by atoms with E-state index in [1.54, 1.807) is 0 Å². The van der Waals surface area contributed by atoms with Crippen molar-refractivity contribution in [2.24, 2.45) is 11.8 Å². The molecule has 1 aliphatic carbocycles. The fourth-order valence-corrected chi connectivity index (χ4v) is 5.65. The number of ether oxygens (including phenoxy) is 1. The highest BCUT2D eigenvalue weighted by Crippen LogP contribution is 2.33. The summed E-state index contributed by atoms with van der Waals surface area (Å²) >= 11 is 0. The van der Waals surface area contributed by atoms with Crippen molar-refractivity contribution in [3.8, 4) is 17.0 Å². The number of carbonyl (C=O) groups excluding carboxylic acids is 1. The van der Waals surface area contributed by atoms with Gasteiger partial charge in [-0.05, 0) is 80.3 Å². The van der Waals surface area contributed by atoms with Gasteiger partial charge in [-0.3, -0.25) is 9.78 Å². The number of pyridine rings is 1. The lowest BCUT2D eigenvalue weighted by molar-refractivity contribution is -0.140. The number of aromatic nitrogens is 1. The lowest BCUT2D eigenvalue weighted by Gasteiger charge is -2.27. The fraction of sp³-hybridized carbons (Fsp3) is 0.647. The molecule has 0 amide bonds. The monoisotopic (exact) mass is 505 g/mol. The van der Waals surface area contributed by atoms with Gasteiger partial charge in [-0.2, -0.15) is 0 Å². The van der Waals surface area contributed by atoms with Gasteiger partial charge in [0.05, 0.1) is 11.6 Å². The standard InChI is InChI=1S/C34H51NO2/c1-3-5-7-9-10-12-14-16-29-19-26-33(35-27-29)30-22-24-32(25-23-30)37-34(36)31-20-17-28(18-21-31)15-13-11-8-6-4-2/h19,22-28,31H,3-18,20-21H2,1-2H3. The van der Waals surface area contributed by atoms with Gasteiger partial charge in [0.1, 0.15) is 5.75 Å². The average Bonchev–Trinajstić information content (AvgIpc) is 2.93. The maximum Gasteiger partial charge on any atom is 0.314 e. The van der Waals surface area contributed by atoms with Crippen LogP contribution < -0.4 is 4.74 Å². The first kappa shape index (κ1) is 29.4. The van der Waals surface area contributed by atoms with Crippen LogP contribution in [0.2, 0.25) is 0 Å². The third-order valence-corrected chi connectivity index (χ3v) is 8.16. The Bertz CT molecular complexity index is 866. The zero-order valence-electron chi connectivity index (χ0n) is 23.7. The third-order valence-electron chi connectivity index (χ3n) is 8.16. The van der Waals surface area contributed by atoms with Crippen LogP contribution in [-0.4, -0.2) is 11.0 Å². The Hall–Kier alpha value is -2.16. The van der Waals surface area contributed by atoms with Crippen molar-refractivity contribution in [1.29, 1.82) is 0 Å². The Kier molecular flexibility index (Phi) is 13.8. The SMILES string of the molecule is CCCCCCCCCc1ccc(-c2ccc(OC(=O)C3CCC(CCCCCCC)CC3)cc2)nc1. The second-order valence-electron chi connectivity index (χ2n) is 11.3. The smallest absolute Gasteiger partial charge is 0.314 e. The second kappa shape index (κ2) is 17.4. The van der Waals surface area contributed by atoms with Gasteiger partial charge in [0, 0.05) is 11.8 Å². The molecule has 1 aliphatic rings. The summed E-state index contributed by atoms with van der Waals surface area (Å²) < 4.78 is 5.75. The van der Waals surface area contributed by atoms with Gasteiger partial charge < -0.3 is 4.74 Å². The molecule has 0 bridgehead atoms. The average molecular weight is 506 g/mol. The number of carbonyl (C=O) groups is 1. The molecule has 2 aromatic rings. The highest BCUT2D eigenvalue weighted by atomic mass is 16.5. The molecule has 1 aromatic heterocycles. The normalized spacial score (nSPS) is 17.6. The maximum absolute atomic E-state index is 12.7. The first-order valence-corrected chi connectivity index (χ1v) is 15.5. The number of benzene rings is 1. The number of esters is 1. The third kappa shape index (κ3) is 11.0. The van der Waals surface area contributed by atoms with E-state index in [1.807, 2.05) is 30.5 Å². The van der Waals surface area contributed by atoms with Crippen LogP contribution in [0, 0.1) is 11.8 Å². The summed E-state index contributed by atoms with van der Waals surface area (Å²) in [5.41, 5.74) is 3.34. The predicted molar refractivity (Wildman–Crippen MR) is 156 cm³/mol. The van der Waals surface area contributed by atoms with E-state index in [0.29, 0.717) is 5.75 Å². The number of unbranched alkanes of at least 4 members (excludes halogenated alkanes) is 10. The van der Waals surface area contributed by atoms with E-state index in [4.69, 9.17) is 4.74 Å². The zero-order valence-corrected chi connectivity index (χ0v) is 23.7. The van der Waals surface area contributed by atoms with E-state index < -0.39 is 0 Å². The van der Waals surface area contributed by atoms with Crippen molar-refractivity contribution in [1.82, 2.24) is 4.98 Å². The van der Waals surface area contributed by atoms with Crippen molar-refractivity contribution in [3.63, 3.8) is 0 Å². The van der Waals surface area contributed by atoms with E-state index in [0.717, 1.165) is 36.4 Å². The quantitative estimate of drug-likeness (QED) is 0.122. The molecule has 1 heterocycles. The number of nitrogens with zero attached hydrogens (tertiary/aromatic N) is 1. The Morgan fingerprint density at radius 1 is 0.757 bits per heavy atom. The molecule has 3 nitrogen and oxygen atoms in total. The van der Waals surface area contributed by atoms with E-state index in [9.17, 15) is 4.79 Å². The van der Waals surface area contributed by atoms with Crippen LogP contribution in [0.5, 0.6) is 5.75 Å². The van der Waals surface area contributed by atoms with Crippen LogP contribution in [-0.2, 0) is 11.2 Å². The van der Waals surface area contributed by atoms with Gasteiger partial charge in [0.15, 0.2) is 0 Å². The molecule has 0 unspecified atom stereocenters. The molecule has 1 aromatic carbocycles. The summed E-state index contributed by atoms with van der Waals surface area (Å²) in [5.74, 6) is 1.45.